The van der Waals surface area contributed by atoms with Crippen LogP contribution in [0.4, 0.5) is 18.0 Å². The number of alkyl halides is 3. The first-order valence-electron chi connectivity index (χ1n) is 11.9. The van der Waals surface area contributed by atoms with Gasteiger partial charge in [-0.1, -0.05) is 36.4 Å². The molecular formula is C28H24F3NO5. The van der Waals surface area contributed by atoms with Gasteiger partial charge in [0.25, 0.3) is 0 Å². The minimum Gasteiger partial charge on any atom is -0.497 e. The molecule has 1 aliphatic carbocycles. The van der Waals surface area contributed by atoms with E-state index < -0.39 is 35.8 Å². The maximum absolute atomic E-state index is 13.5. The van der Waals surface area contributed by atoms with Crippen LogP contribution >= 0.6 is 0 Å². The van der Waals surface area contributed by atoms with Crippen LogP contribution in [0.15, 0.2) is 66.7 Å². The summed E-state index contributed by atoms with van der Waals surface area (Å²) in [5.41, 5.74) is 1.39. The van der Waals surface area contributed by atoms with Crippen LogP contribution in [-0.2, 0) is 17.3 Å². The van der Waals surface area contributed by atoms with Gasteiger partial charge in [0.15, 0.2) is 6.10 Å². The van der Waals surface area contributed by atoms with Gasteiger partial charge in [-0.3, -0.25) is 4.79 Å². The lowest BCUT2D eigenvalue weighted by molar-refractivity contribution is -0.137. The first-order valence-corrected chi connectivity index (χ1v) is 11.9. The second kappa shape index (κ2) is 9.80. The van der Waals surface area contributed by atoms with Crippen molar-refractivity contribution in [1.82, 2.24) is 5.32 Å². The number of halogens is 3. The molecule has 0 spiro atoms. The Labute approximate surface area is 211 Å². The zero-order valence-electron chi connectivity index (χ0n) is 19.9. The second-order valence-corrected chi connectivity index (χ2v) is 9.00. The van der Waals surface area contributed by atoms with Crippen molar-refractivity contribution in [2.75, 3.05) is 7.11 Å². The average molecular weight is 511 g/mol. The van der Waals surface area contributed by atoms with Crippen LogP contribution in [0.25, 0.3) is 0 Å². The Morgan fingerprint density at radius 2 is 1.86 bits per heavy atom. The van der Waals surface area contributed by atoms with Crippen LogP contribution < -0.4 is 14.8 Å². The minimum atomic E-state index is -4.60. The third-order valence-corrected chi connectivity index (χ3v) is 6.68. The zero-order chi connectivity index (χ0) is 26.2. The Balaban J connectivity index is 1.46. The Morgan fingerprint density at radius 1 is 1.05 bits per heavy atom. The first-order chi connectivity index (χ1) is 17.7. The van der Waals surface area contributed by atoms with E-state index in [0.29, 0.717) is 12.2 Å². The molecule has 9 heteroatoms. The van der Waals surface area contributed by atoms with Crippen molar-refractivity contribution in [2.45, 2.75) is 43.7 Å². The number of ether oxygens (including phenoxy) is 3. The second-order valence-electron chi connectivity index (χ2n) is 9.00. The monoisotopic (exact) mass is 511 g/mol. The predicted octanol–water partition coefficient (Wildman–Crippen LogP) is 6.20. The summed E-state index contributed by atoms with van der Waals surface area (Å²) in [6.07, 6.45) is -5.77. The number of hydrogen-bond donors (Lipinski definition) is 1. The van der Waals surface area contributed by atoms with Crippen LogP contribution in [0.2, 0.25) is 0 Å². The molecule has 0 saturated heterocycles. The van der Waals surface area contributed by atoms with E-state index in [1.54, 1.807) is 6.07 Å². The van der Waals surface area contributed by atoms with Crippen LogP contribution in [0.5, 0.6) is 11.5 Å². The van der Waals surface area contributed by atoms with Crippen LogP contribution in [0.3, 0.4) is 0 Å². The molecule has 1 N–H and O–H groups in total. The highest BCUT2D eigenvalue weighted by Gasteiger charge is 2.42. The highest BCUT2D eigenvalue weighted by atomic mass is 19.4. The van der Waals surface area contributed by atoms with Gasteiger partial charge < -0.3 is 19.5 Å². The Bertz CT molecular complexity index is 1340. The summed E-state index contributed by atoms with van der Waals surface area (Å²) in [6, 6.07) is 16.4. The molecule has 0 saturated carbocycles. The van der Waals surface area contributed by atoms with Crippen molar-refractivity contribution in [3.63, 3.8) is 0 Å². The number of benzene rings is 3. The first kappa shape index (κ1) is 24.7. The lowest BCUT2D eigenvalue weighted by Crippen LogP contribution is -2.43. The fourth-order valence-corrected chi connectivity index (χ4v) is 4.87. The maximum Gasteiger partial charge on any atom is 0.416 e. The zero-order valence-corrected chi connectivity index (χ0v) is 19.9. The van der Waals surface area contributed by atoms with Gasteiger partial charge in [-0.05, 0) is 60.2 Å². The van der Waals surface area contributed by atoms with E-state index in [-0.39, 0.29) is 22.9 Å². The standard InChI is InChI=1S/C28H24F3NO5/c1-35-19-12-13-21-23(15-19)36-25(17-8-4-9-18(14-17)28(29,30)31)26(24(21)33)37-27(34)32-22-11-5-7-16-6-2-3-10-20(16)22/h2-4,6,8-10,12-15,22,25-26H,5,7,11H2,1H3,(H,32,34). The van der Waals surface area contributed by atoms with Crippen molar-refractivity contribution in [3.05, 3.63) is 94.5 Å². The van der Waals surface area contributed by atoms with Gasteiger partial charge in [0.1, 0.15) is 11.5 Å². The van der Waals surface area contributed by atoms with E-state index in [2.05, 4.69) is 5.32 Å². The SMILES string of the molecule is COc1ccc2c(c1)OC(c1cccc(C(F)(F)F)c1)C(OC(=O)NC1CCCc3ccccc31)C2=O. The molecule has 1 aliphatic heterocycles. The number of carbonyl (C=O) groups excluding carboxylic acids is 2. The lowest BCUT2D eigenvalue weighted by atomic mass is 9.88. The normalized spacial score (nSPS) is 20.8. The largest absolute Gasteiger partial charge is 0.497 e. The molecule has 2 aliphatic rings. The van der Waals surface area contributed by atoms with Crippen molar-refractivity contribution < 1.29 is 37.0 Å². The van der Waals surface area contributed by atoms with E-state index in [1.165, 1.54) is 31.4 Å². The number of amides is 1. The number of ketones is 1. The predicted molar refractivity (Wildman–Crippen MR) is 128 cm³/mol. The maximum atomic E-state index is 13.5. The van der Waals surface area contributed by atoms with Gasteiger partial charge >= 0.3 is 12.3 Å². The van der Waals surface area contributed by atoms with E-state index in [0.717, 1.165) is 36.1 Å². The van der Waals surface area contributed by atoms with Crippen LogP contribution in [0, 0.1) is 0 Å². The fraction of sp³-hybridized carbons (Fsp3) is 0.286. The molecular weight excluding hydrogens is 487 g/mol. The van der Waals surface area contributed by atoms with Crippen molar-refractivity contribution in [2.24, 2.45) is 0 Å². The lowest BCUT2D eigenvalue weighted by Gasteiger charge is -2.33. The van der Waals surface area contributed by atoms with Gasteiger partial charge in [0.05, 0.1) is 24.3 Å². The molecule has 5 rings (SSSR count). The van der Waals surface area contributed by atoms with Crippen molar-refractivity contribution in [1.29, 1.82) is 0 Å². The van der Waals surface area contributed by atoms with Gasteiger partial charge in [-0.15, -0.1) is 0 Å². The number of carbonyl (C=O) groups is 2. The molecule has 192 valence electrons. The number of rotatable bonds is 4. The van der Waals surface area contributed by atoms with E-state index >= 15 is 0 Å². The topological polar surface area (TPSA) is 73.9 Å². The van der Waals surface area contributed by atoms with Gasteiger partial charge in [0.2, 0.25) is 11.9 Å². The summed E-state index contributed by atoms with van der Waals surface area (Å²) in [4.78, 5) is 26.5. The third kappa shape index (κ3) is 4.98. The highest BCUT2D eigenvalue weighted by molar-refractivity contribution is 6.04. The molecule has 3 unspecified atom stereocenters. The Morgan fingerprint density at radius 3 is 2.65 bits per heavy atom. The number of nitrogens with one attached hydrogen (secondary N) is 1. The molecule has 0 radical (unpaired) electrons. The molecule has 1 heterocycles. The van der Waals surface area contributed by atoms with Gasteiger partial charge in [-0.25, -0.2) is 4.79 Å². The molecule has 0 fully saturated rings. The molecule has 3 aromatic rings. The molecule has 1 amide bonds. The summed E-state index contributed by atoms with van der Waals surface area (Å²) >= 11 is 0. The summed E-state index contributed by atoms with van der Waals surface area (Å²) in [5.74, 6) is -0.0406. The molecule has 37 heavy (non-hydrogen) atoms. The number of fused-ring (bicyclic) bond motifs is 2. The summed E-state index contributed by atoms with van der Waals surface area (Å²) in [7, 11) is 1.44. The molecule has 3 atom stereocenters. The number of hydrogen-bond acceptors (Lipinski definition) is 5. The summed E-state index contributed by atoms with van der Waals surface area (Å²) < 4.78 is 57.0. The average Bonchev–Trinajstić information content (AvgIpc) is 2.89. The Kier molecular flexibility index (Phi) is 6.54. The van der Waals surface area contributed by atoms with E-state index in [1.807, 2.05) is 24.3 Å². The summed E-state index contributed by atoms with van der Waals surface area (Å²) in [6.45, 7) is 0. The number of alkyl carbamates (subject to hydrolysis) is 1. The summed E-state index contributed by atoms with van der Waals surface area (Å²) in [5, 5.41) is 2.82. The smallest absolute Gasteiger partial charge is 0.416 e. The number of Topliss-reactive ketones (excluding diaryl/α,β-unsaturated/α-hetero) is 1. The number of methoxy groups -OCH3 is 1. The quantitative estimate of drug-likeness (QED) is 0.451. The highest BCUT2D eigenvalue weighted by Crippen LogP contribution is 2.40. The number of aryl methyl sites for hydroxylation is 1. The molecule has 0 bridgehead atoms. The van der Waals surface area contributed by atoms with Crippen molar-refractivity contribution >= 4 is 11.9 Å². The van der Waals surface area contributed by atoms with E-state index in [4.69, 9.17) is 14.2 Å². The van der Waals surface area contributed by atoms with E-state index in [9.17, 15) is 22.8 Å². The van der Waals surface area contributed by atoms with Crippen LogP contribution in [0.1, 0.15) is 57.6 Å². The van der Waals surface area contributed by atoms with Gasteiger partial charge in [0, 0.05) is 6.07 Å². The minimum absolute atomic E-state index is 0.0532. The molecule has 3 aromatic carbocycles. The van der Waals surface area contributed by atoms with Gasteiger partial charge in [-0.2, -0.15) is 13.2 Å². The van der Waals surface area contributed by atoms with Crippen LogP contribution in [-0.4, -0.2) is 25.1 Å². The molecule has 6 nitrogen and oxygen atoms in total. The van der Waals surface area contributed by atoms with Crippen molar-refractivity contribution in [3.8, 4) is 11.5 Å². The Hall–Kier alpha value is -4.01. The molecule has 0 aromatic heterocycles. The third-order valence-electron chi connectivity index (χ3n) is 6.68. The fourth-order valence-electron chi connectivity index (χ4n) is 4.87.